The molecular weight excluding hydrogens is 310 g/mol. The molecular formula is C14H18ClN3O2S. The molecule has 0 amide bonds. The smallest absolute Gasteiger partial charge is 0.287 e. The van der Waals surface area contributed by atoms with E-state index in [4.69, 9.17) is 11.6 Å². The van der Waals surface area contributed by atoms with Crippen LogP contribution in [-0.2, 0) is 10.0 Å². The van der Waals surface area contributed by atoms with Crippen LogP contribution in [0.2, 0.25) is 5.02 Å². The minimum Gasteiger partial charge on any atom is -0.355 e. The third kappa shape index (κ3) is 3.32. The molecule has 0 aromatic heterocycles. The normalized spacial score (nSPS) is 21.1. The number of hydrogen-bond acceptors (Lipinski definition) is 4. The Morgan fingerprint density at radius 1 is 1.29 bits per heavy atom. The lowest BCUT2D eigenvalue weighted by Crippen LogP contribution is -2.37. The molecule has 7 heteroatoms. The second-order valence-electron chi connectivity index (χ2n) is 5.57. The number of rotatable bonds is 2. The molecule has 3 rings (SSSR count). The highest BCUT2D eigenvalue weighted by atomic mass is 35.5. The maximum absolute atomic E-state index is 12.1. The molecule has 1 aliphatic heterocycles. The lowest BCUT2D eigenvalue weighted by Gasteiger charge is -2.24. The summed E-state index contributed by atoms with van der Waals surface area (Å²) in [6.45, 7) is 0.747. The summed E-state index contributed by atoms with van der Waals surface area (Å²) >= 11 is 5.92. The molecule has 2 aliphatic rings. The van der Waals surface area contributed by atoms with E-state index in [0.717, 1.165) is 6.54 Å². The van der Waals surface area contributed by atoms with Crippen LogP contribution in [0.15, 0.2) is 27.5 Å². The molecule has 1 aliphatic carbocycles. The Balaban J connectivity index is 1.74. The zero-order valence-corrected chi connectivity index (χ0v) is 13.2. The number of nitrogens with one attached hydrogen (secondary N) is 2. The fourth-order valence-corrected chi connectivity index (χ4v) is 4.10. The molecule has 5 nitrogen and oxygen atoms in total. The first-order chi connectivity index (χ1) is 10.0. The summed E-state index contributed by atoms with van der Waals surface area (Å²) in [5, 5.41) is 6.62. The molecule has 1 saturated carbocycles. The molecule has 1 aromatic rings. The van der Waals surface area contributed by atoms with Crippen molar-refractivity contribution in [1.82, 2.24) is 5.32 Å². The number of fused-ring (bicyclic) bond motifs is 1. The van der Waals surface area contributed by atoms with Crippen LogP contribution in [0.25, 0.3) is 0 Å². The molecule has 0 radical (unpaired) electrons. The van der Waals surface area contributed by atoms with Crippen LogP contribution in [0.3, 0.4) is 0 Å². The van der Waals surface area contributed by atoms with Gasteiger partial charge in [-0.1, -0.05) is 30.9 Å². The van der Waals surface area contributed by atoms with Gasteiger partial charge in [0, 0.05) is 11.6 Å². The number of nitrogens with zero attached hydrogens (tertiary/aromatic N) is 1. The van der Waals surface area contributed by atoms with Crippen LogP contribution in [0.4, 0.5) is 5.69 Å². The van der Waals surface area contributed by atoms with Gasteiger partial charge in [-0.3, -0.25) is 0 Å². The van der Waals surface area contributed by atoms with E-state index in [0.29, 0.717) is 16.6 Å². The van der Waals surface area contributed by atoms with Crippen molar-refractivity contribution in [3.8, 4) is 0 Å². The summed E-state index contributed by atoms with van der Waals surface area (Å²) in [6, 6.07) is 4.63. The van der Waals surface area contributed by atoms with Crippen LogP contribution in [0, 0.1) is 5.92 Å². The quantitative estimate of drug-likeness (QED) is 0.876. The lowest BCUT2D eigenvalue weighted by atomic mass is 9.89. The highest BCUT2D eigenvalue weighted by Crippen LogP contribution is 2.29. The van der Waals surface area contributed by atoms with Crippen molar-refractivity contribution in [3.63, 3.8) is 0 Å². The maximum Gasteiger partial charge on any atom is 0.287 e. The minimum atomic E-state index is -3.66. The van der Waals surface area contributed by atoms with Gasteiger partial charge in [-0.25, -0.2) is 0 Å². The first-order valence-electron chi connectivity index (χ1n) is 7.20. The van der Waals surface area contributed by atoms with Gasteiger partial charge in [-0.05, 0) is 37.0 Å². The van der Waals surface area contributed by atoms with Crippen molar-refractivity contribution >= 4 is 33.3 Å². The van der Waals surface area contributed by atoms with E-state index >= 15 is 0 Å². The van der Waals surface area contributed by atoms with Gasteiger partial charge in [-0.2, -0.15) is 8.42 Å². The van der Waals surface area contributed by atoms with Gasteiger partial charge in [0.1, 0.15) is 4.90 Å². The molecule has 0 unspecified atom stereocenters. The van der Waals surface area contributed by atoms with Crippen molar-refractivity contribution in [1.29, 1.82) is 0 Å². The third-order valence-electron chi connectivity index (χ3n) is 3.97. The maximum atomic E-state index is 12.1. The zero-order valence-electron chi connectivity index (χ0n) is 11.6. The fraction of sp³-hybridized carbons (Fsp3) is 0.500. The predicted octanol–water partition coefficient (Wildman–Crippen LogP) is 2.98. The van der Waals surface area contributed by atoms with E-state index in [-0.39, 0.29) is 10.9 Å². The number of anilines is 1. The van der Waals surface area contributed by atoms with E-state index < -0.39 is 10.0 Å². The molecule has 21 heavy (non-hydrogen) atoms. The van der Waals surface area contributed by atoms with Crippen LogP contribution >= 0.6 is 11.6 Å². The Bertz CT molecular complexity index is 667. The van der Waals surface area contributed by atoms with Crippen molar-refractivity contribution in [3.05, 3.63) is 23.2 Å². The fourth-order valence-electron chi connectivity index (χ4n) is 2.85. The topological polar surface area (TPSA) is 70.6 Å². The first kappa shape index (κ1) is 14.7. The van der Waals surface area contributed by atoms with Crippen molar-refractivity contribution in [2.75, 3.05) is 11.9 Å². The van der Waals surface area contributed by atoms with Crippen LogP contribution in [0.1, 0.15) is 32.1 Å². The Kier molecular flexibility index (Phi) is 4.08. The SMILES string of the molecule is O=S1(=O)N=C(NCC2CCCCC2)Nc2cc(Cl)ccc21. The number of sulfonamides is 1. The molecule has 0 bridgehead atoms. The highest BCUT2D eigenvalue weighted by molar-refractivity contribution is 7.90. The Hall–Kier alpha value is -1.27. The summed E-state index contributed by atoms with van der Waals surface area (Å²) in [7, 11) is -3.66. The van der Waals surface area contributed by atoms with E-state index in [1.54, 1.807) is 12.1 Å². The second kappa shape index (κ2) is 5.85. The number of hydrogen-bond donors (Lipinski definition) is 2. The van der Waals surface area contributed by atoms with Crippen molar-refractivity contribution < 1.29 is 8.42 Å². The molecule has 0 atom stereocenters. The average Bonchev–Trinajstić information content (AvgIpc) is 2.45. The number of benzene rings is 1. The standard InChI is InChI=1S/C14H18ClN3O2S/c15-11-6-7-13-12(8-11)17-14(18-21(13,19)20)16-9-10-4-2-1-3-5-10/h6-8,10H,1-5,9H2,(H2,16,17,18). The van der Waals surface area contributed by atoms with Gasteiger partial charge >= 0.3 is 0 Å². The van der Waals surface area contributed by atoms with Gasteiger partial charge in [0.25, 0.3) is 10.0 Å². The molecule has 0 spiro atoms. The van der Waals surface area contributed by atoms with Crippen molar-refractivity contribution in [2.45, 2.75) is 37.0 Å². The van der Waals surface area contributed by atoms with Crippen molar-refractivity contribution in [2.24, 2.45) is 10.3 Å². The predicted molar refractivity (Wildman–Crippen MR) is 84.3 cm³/mol. The summed E-state index contributed by atoms with van der Waals surface area (Å²) < 4.78 is 28.1. The van der Waals surface area contributed by atoms with E-state index in [1.807, 2.05) is 0 Å². The average molecular weight is 328 g/mol. The number of halogens is 1. The van der Waals surface area contributed by atoms with Gasteiger partial charge in [-0.15, -0.1) is 4.40 Å². The molecule has 0 saturated heterocycles. The summed E-state index contributed by atoms with van der Waals surface area (Å²) in [5.41, 5.74) is 0.476. The summed E-state index contributed by atoms with van der Waals surface area (Å²) in [5.74, 6) is 0.877. The minimum absolute atomic E-state index is 0.162. The first-order valence-corrected chi connectivity index (χ1v) is 9.02. The number of guanidine groups is 1. The Morgan fingerprint density at radius 2 is 2.05 bits per heavy atom. The second-order valence-corrected chi connectivity index (χ2v) is 7.57. The van der Waals surface area contributed by atoms with Crippen LogP contribution in [-0.4, -0.2) is 20.9 Å². The van der Waals surface area contributed by atoms with E-state index in [1.165, 1.54) is 38.2 Å². The summed E-state index contributed by atoms with van der Waals surface area (Å²) in [6.07, 6.45) is 6.19. The van der Waals surface area contributed by atoms with E-state index in [2.05, 4.69) is 15.0 Å². The molecule has 1 fully saturated rings. The monoisotopic (exact) mass is 327 g/mol. The molecule has 1 heterocycles. The highest BCUT2D eigenvalue weighted by Gasteiger charge is 2.25. The van der Waals surface area contributed by atoms with Gasteiger partial charge < -0.3 is 10.6 Å². The van der Waals surface area contributed by atoms with E-state index in [9.17, 15) is 8.42 Å². The van der Waals surface area contributed by atoms with Crippen LogP contribution < -0.4 is 10.6 Å². The Labute approximate surface area is 129 Å². The zero-order chi connectivity index (χ0) is 14.9. The lowest BCUT2D eigenvalue weighted by molar-refractivity contribution is 0.357. The van der Waals surface area contributed by atoms with Gasteiger partial charge in [0.2, 0.25) is 5.96 Å². The van der Waals surface area contributed by atoms with Gasteiger partial charge in [0.15, 0.2) is 0 Å². The Morgan fingerprint density at radius 3 is 2.81 bits per heavy atom. The molecule has 1 aromatic carbocycles. The van der Waals surface area contributed by atoms with Crippen LogP contribution in [0.5, 0.6) is 0 Å². The summed E-state index contributed by atoms with van der Waals surface area (Å²) in [4.78, 5) is 0.162. The van der Waals surface area contributed by atoms with Gasteiger partial charge in [0.05, 0.1) is 5.69 Å². The molecule has 2 N–H and O–H groups in total. The largest absolute Gasteiger partial charge is 0.355 e. The third-order valence-corrected chi connectivity index (χ3v) is 5.54. The molecule has 114 valence electrons.